The Morgan fingerprint density at radius 3 is 2.19 bits per heavy atom. The molecule has 2 N–H and O–H groups in total. The lowest BCUT2D eigenvalue weighted by Crippen LogP contribution is -2.17. The van der Waals surface area contributed by atoms with Crippen LogP contribution in [0.2, 0.25) is 10.0 Å². The molecule has 3 aromatic carbocycles. The Kier molecular flexibility index (Phi) is 7.72. The third-order valence-electron chi connectivity index (χ3n) is 4.98. The summed E-state index contributed by atoms with van der Waals surface area (Å²) in [6.07, 6.45) is 3.36. The second kappa shape index (κ2) is 10.5. The van der Waals surface area contributed by atoms with E-state index in [0.29, 0.717) is 15.6 Å². The van der Waals surface area contributed by atoms with Gasteiger partial charge in [0.05, 0.1) is 27.7 Å². The number of amides is 1. The van der Waals surface area contributed by atoms with Crippen LogP contribution in [0.25, 0.3) is 11.1 Å². The highest BCUT2D eigenvalue weighted by Crippen LogP contribution is 2.27. The summed E-state index contributed by atoms with van der Waals surface area (Å²) in [6.45, 7) is 2.16. The molecule has 0 spiro atoms. The van der Waals surface area contributed by atoms with Gasteiger partial charge in [-0.3, -0.25) is 4.79 Å². The number of anilines is 1. The molecule has 0 aliphatic heterocycles. The molecule has 3 rings (SSSR count). The first kappa shape index (κ1) is 22.9. The molecule has 0 aliphatic rings. The minimum Gasteiger partial charge on any atom is -0.478 e. The Bertz CT molecular complexity index is 1090. The fourth-order valence-corrected chi connectivity index (χ4v) is 3.61. The zero-order valence-electron chi connectivity index (χ0n) is 17.1. The quantitative estimate of drug-likeness (QED) is 0.388. The zero-order valence-corrected chi connectivity index (χ0v) is 18.6. The van der Waals surface area contributed by atoms with E-state index in [2.05, 4.69) is 24.4 Å². The molecule has 0 atom stereocenters. The zero-order chi connectivity index (χ0) is 22.4. The molecule has 0 radical (unpaired) electrons. The highest BCUT2D eigenvalue weighted by Gasteiger charge is 2.15. The summed E-state index contributed by atoms with van der Waals surface area (Å²) in [5, 5.41) is 13.0. The smallest absolute Gasteiger partial charge is 0.337 e. The van der Waals surface area contributed by atoms with Crippen LogP contribution in [0.4, 0.5) is 5.69 Å². The maximum absolute atomic E-state index is 12.6. The molecule has 0 fully saturated rings. The van der Waals surface area contributed by atoms with Crippen LogP contribution in [0.3, 0.4) is 0 Å². The van der Waals surface area contributed by atoms with Crippen molar-refractivity contribution in [2.45, 2.75) is 32.6 Å². The van der Waals surface area contributed by atoms with E-state index in [4.69, 9.17) is 23.2 Å². The van der Waals surface area contributed by atoms with Crippen molar-refractivity contribution in [3.63, 3.8) is 0 Å². The van der Waals surface area contributed by atoms with Gasteiger partial charge in [-0.25, -0.2) is 4.79 Å². The topological polar surface area (TPSA) is 66.4 Å². The maximum Gasteiger partial charge on any atom is 0.337 e. The van der Waals surface area contributed by atoms with Crippen LogP contribution in [0.15, 0.2) is 60.7 Å². The number of carboxylic acids is 1. The number of aryl methyl sites for hydroxylation is 1. The van der Waals surface area contributed by atoms with Gasteiger partial charge in [-0.1, -0.05) is 72.9 Å². The molecule has 0 bridgehead atoms. The van der Waals surface area contributed by atoms with Crippen molar-refractivity contribution in [3.05, 3.63) is 87.4 Å². The standard InChI is InChI=1S/C25H23Cl2NO3/c1-2-3-4-16-5-8-18(9-6-16)19-10-11-20(25(30)31)23(15-19)28-24(29)14-17-7-12-21(26)22(27)13-17/h5-13,15H,2-4,14H2,1H3,(H,28,29)(H,30,31). The Morgan fingerprint density at radius 1 is 0.871 bits per heavy atom. The van der Waals surface area contributed by atoms with Crippen LogP contribution in [0, 0.1) is 0 Å². The summed E-state index contributed by atoms with van der Waals surface area (Å²) in [6, 6.07) is 18.1. The Balaban J connectivity index is 1.82. The molecule has 160 valence electrons. The van der Waals surface area contributed by atoms with Gasteiger partial charge in [-0.05, 0) is 59.4 Å². The van der Waals surface area contributed by atoms with Crippen LogP contribution in [-0.2, 0) is 17.6 Å². The molecule has 0 saturated carbocycles. The van der Waals surface area contributed by atoms with Crippen molar-refractivity contribution in [1.29, 1.82) is 0 Å². The fraction of sp³-hybridized carbons (Fsp3) is 0.200. The number of carbonyl (C=O) groups is 2. The number of nitrogens with one attached hydrogen (secondary N) is 1. The van der Waals surface area contributed by atoms with Crippen molar-refractivity contribution in [3.8, 4) is 11.1 Å². The molecule has 6 heteroatoms. The summed E-state index contributed by atoms with van der Waals surface area (Å²) < 4.78 is 0. The number of aromatic carboxylic acids is 1. The fourth-order valence-electron chi connectivity index (χ4n) is 3.29. The van der Waals surface area contributed by atoms with E-state index in [9.17, 15) is 14.7 Å². The minimum atomic E-state index is -1.11. The normalized spacial score (nSPS) is 10.7. The molecule has 0 aromatic heterocycles. The summed E-state index contributed by atoms with van der Waals surface area (Å²) in [7, 11) is 0. The van der Waals surface area contributed by atoms with Crippen molar-refractivity contribution < 1.29 is 14.7 Å². The third kappa shape index (κ3) is 6.09. The SMILES string of the molecule is CCCCc1ccc(-c2ccc(C(=O)O)c(NC(=O)Cc3ccc(Cl)c(Cl)c3)c2)cc1. The molecule has 0 heterocycles. The Labute approximate surface area is 191 Å². The highest BCUT2D eigenvalue weighted by molar-refractivity contribution is 6.42. The first-order chi connectivity index (χ1) is 14.9. The average Bonchev–Trinajstić information content (AvgIpc) is 2.75. The number of carboxylic acid groups (broad SMARTS) is 1. The monoisotopic (exact) mass is 455 g/mol. The number of hydrogen-bond donors (Lipinski definition) is 2. The van der Waals surface area contributed by atoms with Gasteiger partial charge >= 0.3 is 5.97 Å². The van der Waals surface area contributed by atoms with Crippen molar-refractivity contribution >= 4 is 40.8 Å². The van der Waals surface area contributed by atoms with Crippen LogP contribution in [0.1, 0.15) is 41.3 Å². The summed E-state index contributed by atoms with van der Waals surface area (Å²) >= 11 is 11.9. The van der Waals surface area contributed by atoms with Crippen molar-refractivity contribution in [1.82, 2.24) is 0 Å². The van der Waals surface area contributed by atoms with Crippen LogP contribution >= 0.6 is 23.2 Å². The molecule has 31 heavy (non-hydrogen) atoms. The van der Waals surface area contributed by atoms with Crippen molar-refractivity contribution in [2.75, 3.05) is 5.32 Å². The summed E-state index contributed by atoms with van der Waals surface area (Å²) in [4.78, 5) is 24.2. The van der Waals surface area contributed by atoms with E-state index in [1.165, 1.54) is 11.6 Å². The predicted molar refractivity (Wildman–Crippen MR) is 126 cm³/mol. The van der Waals surface area contributed by atoms with Crippen LogP contribution in [0.5, 0.6) is 0 Å². The van der Waals surface area contributed by atoms with Gasteiger partial charge in [0.25, 0.3) is 0 Å². The molecule has 4 nitrogen and oxygen atoms in total. The number of rotatable bonds is 8. The Morgan fingerprint density at radius 2 is 1.55 bits per heavy atom. The van der Waals surface area contributed by atoms with Gasteiger partial charge in [-0.15, -0.1) is 0 Å². The number of halogens is 2. The largest absolute Gasteiger partial charge is 0.478 e. The molecule has 3 aromatic rings. The minimum absolute atomic E-state index is 0.0332. The molecular weight excluding hydrogens is 433 g/mol. The maximum atomic E-state index is 12.6. The molecule has 0 aliphatic carbocycles. The van der Waals surface area contributed by atoms with Gasteiger partial charge in [0, 0.05) is 0 Å². The van der Waals surface area contributed by atoms with Gasteiger partial charge in [0.2, 0.25) is 5.91 Å². The lowest BCUT2D eigenvalue weighted by Gasteiger charge is -2.12. The van der Waals surface area contributed by atoms with Gasteiger partial charge in [-0.2, -0.15) is 0 Å². The Hall–Kier alpha value is -2.82. The van der Waals surface area contributed by atoms with E-state index < -0.39 is 5.97 Å². The van der Waals surface area contributed by atoms with Gasteiger partial charge in [0.1, 0.15) is 0 Å². The summed E-state index contributed by atoms with van der Waals surface area (Å²) in [5.41, 5.74) is 4.02. The van der Waals surface area contributed by atoms with Gasteiger partial charge < -0.3 is 10.4 Å². The molecule has 0 saturated heterocycles. The lowest BCUT2D eigenvalue weighted by atomic mass is 9.99. The van der Waals surface area contributed by atoms with Gasteiger partial charge in [0.15, 0.2) is 0 Å². The number of benzene rings is 3. The third-order valence-corrected chi connectivity index (χ3v) is 5.72. The second-order valence-electron chi connectivity index (χ2n) is 7.34. The van der Waals surface area contributed by atoms with E-state index in [0.717, 1.165) is 30.4 Å². The van der Waals surface area contributed by atoms with E-state index in [-0.39, 0.29) is 23.6 Å². The lowest BCUT2D eigenvalue weighted by molar-refractivity contribution is -0.115. The summed E-state index contributed by atoms with van der Waals surface area (Å²) in [5.74, 6) is -1.45. The first-order valence-electron chi connectivity index (χ1n) is 10.1. The number of carbonyl (C=O) groups excluding carboxylic acids is 1. The van der Waals surface area contributed by atoms with E-state index >= 15 is 0 Å². The van der Waals surface area contributed by atoms with Crippen LogP contribution in [-0.4, -0.2) is 17.0 Å². The number of hydrogen-bond acceptors (Lipinski definition) is 2. The molecule has 0 unspecified atom stereocenters. The average molecular weight is 456 g/mol. The molecular formula is C25H23Cl2NO3. The van der Waals surface area contributed by atoms with Crippen molar-refractivity contribution in [2.24, 2.45) is 0 Å². The predicted octanol–water partition coefficient (Wildman–Crippen LogP) is 6.88. The molecule has 1 amide bonds. The van der Waals surface area contributed by atoms with E-state index in [1.807, 2.05) is 12.1 Å². The first-order valence-corrected chi connectivity index (χ1v) is 10.8. The second-order valence-corrected chi connectivity index (χ2v) is 8.15. The van der Waals surface area contributed by atoms with E-state index in [1.54, 1.807) is 30.3 Å². The number of unbranched alkanes of at least 4 members (excludes halogenated alkanes) is 1. The van der Waals surface area contributed by atoms with Crippen LogP contribution < -0.4 is 5.32 Å². The highest BCUT2D eigenvalue weighted by atomic mass is 35.5.